The van der Waals surface area contributed by atoms with Crippen molar-refractivity contribution >= 4 is 47.4 Å². The van der Waals surface area contributed by atoms with Crippen molar-refractivity contribution in [2.45, 2.75) is 26.8 Å². The van der Waals surface area contributed by atoms with Gasteiger partial charge in [-0.3, -0.25) is 4.79 Å². The third-order valence-corrected chi connectivity index (χ3v) is 4.01. The number of nitrogens with one attached hydrogen (secondary N) is 2. The number of rotatable bonds is 3. The Morgan fingerprint density at radius 1 is 1.12 bits per heavy atom. The third kappa shape index (κ3) is 4.75. The minimum atomic E-state index is -0.577. The van der Waals surface area contributed by atoms with Gasteiger partial charge in [-0.1, -0.05) is 45.0 Å². The molecule has 0 fully saturated rings. The van der Waals surface area contributed by atoms with Crippen molar-refractivity contribution in [3.63, 3.8) is 0 Å². The van der Waals surface area contributed by atoms with Crippen molar-refractivity contribution in [2.75, 3.05) is 5.32 Å². The molecule has 0 unspecified atom stereocenters. The van der Waals surface area contributed by atoms with E-state index in [1.807, 2.05) is 69.3 Å². The molecule has 0 bridgehead atoms. The lowest BCUT2D eigenvalue weighted by molar-refractivity contribution is -0.119. The minimum absolute atomic E-state index is 0. The largest absolute Gasteiger partial charge is 0.338 e. The molecule has 0 aliphatic heterocycles. The number of para-hydroxylation sites is 2. The SMILES string of the molecule is CC(C)(C)[C@H](N)C(=O)Nc1cccc(-c2nc3ccccc3[nH]2)c1.Cl.Cl. The summed E-state index contributed by atoms with van der Waals surface area (Å²) in [7, 11) is 0. The van der Waals surface area contributed by atoms with Gasteiger partial charge >= 0.3 is 0 Å². The maximum Gasteiger partial charge on any atom is 0.241 e. The fraction of sp³-hybridized carbons (Fsp3) is 0.263. The Balaban J connectivity index is 0.00000169. The van der Waals surface area contributed by atoms with Gasteiger partial charge in [-0.25, -0.2) is 4.98 Å². The first-order valence-electron chi connectivity index (χ1n) is 7.96. The number of carbonyl (C=O) groups is 1. The summed E-state index contributed by atoms with van der Waals surface area (Å²) < 4.78 is 0. The highest BCUT2D eigenvalue weighted by Crippen LogP contribution is 2.24. The molecule has 1 atom stereocenters. The van der Waals surface area contributed by atoms with E-state index in [9.17, 15) is 4.79 Å². The van der Waals surface area contributed by atoms with Crippen LogP contribution < -0.4 is 11.1 Å². The number of amides is 1. The highest BCUT2D eigenvalue weighted by Gasteiger charge is 2.27. The normalized spacial score (nSPS) is 12.0. The average Bonchev–Trinajstić information content (AvgIpc) is 2.97. The number of aromatic nitrogens is 2. The summed E-state index contributed by atoms with van der Waals surface area (Å²) >= 11 is 0. The smallest absolute Gasteiger partial charge is 0.241 e. The topological polar surface area (TPSA) is 83.8 Å². The number of hydrogen-bond acceptors (Lipinski definition) is 3. The van der Waals surface area contributed by atoms with Crippen LogP contribution in [-0.4, -0.2) is 21.9 Å². The van der Waals surface area contributed by atoms with Gasteiger partial charge < -0.3 is 16.0 Å². The van der Waals surface area contributed by atoms with Crippen molar-refractivity contribution < 1.29 is 4.79 Å². The van der Waals surface area contributed by atoms with Gasteiger partial charge in [-0.2, -0.15) is 0 Å². The number of carbonyl (C=O) groups excluding carboxylic acids is 1. The number of anilines is 1. The highest BCUT2D eigenvalue weighted by atomic mass is 35.5. The van der Waals surface area contributed by atoms with Crippen LogP contribution in [0.1, 0.15) is 20.8 Å². The summed E-state index contributed by atoms with van der Waals surface area (Å²) in [6, 6.07) is 14.9. The second-order valence-electron chi connectivity index (χ2n) is 7.02. The van der Waals surface area contributed by atoms with E-state index in [0.717, 1.165) is 22.4 Å². The second-order valence-corrected chi connectivity index (χ2v) is 7.02. The van der Waals surface area contributed by atoms with E-state index in [2.05, 4.69) is 15.3 Å². The first-order valence-corrected chi connectivity index (χ1v) is 7.96. The van der Waals surface area contributed by atoms with E-state index in [0.29, 0.717) is 5.69 Å². The van der Waals surface area contributed by atoms with E-state index < -0.39 is 6.04 Å². The Bertz CT molecular complexity index is 853. The fourth-order valence-corrected chi connectivity index (χ4v) is 2.45. The zero-order valence-electron chi connectivity index (χ0n) is 14.9. The fourth-order valence-electron chi connectivity index (χ4n) is 2.45. The van der Waals surface area contributed by atoms with Gasteiger partial charge in [0.25, 0.3) is 0 Å². The van der Waals surface area contributed by atoms with Crippen LogP contribution in [0.4, 0.5) is 5.69 Å². The molecule has 0 spiro atoms. The van der Waals surface area contributed by atoms with E-state index in [1.165, 1.54) is 0 Å². The second kappa shape index (κ2) is 8.54. The lowest BCUT2D eigenvalue weighted by atomic mass is 9.87. The van der Waals surface area contributed by atoms with Crippen molar-refractivity contribution in [3.05, 3.63) is 48.5 Å². The lowest BCUT2D eigenvalue weighted by Crippen LogP contribution is -2.45. The van der Waals surface area contributed by atoms with Crippen molar-refractivity contribution in [3.8, 4) is 11.4 Å². The van der Waals surface area contributed by atoms with Gasteiger partial charge in [0.15, 0.2) is 0 Å². The standard InChI is InChI=1S/C19H22N4O.2ClH/c1-19(2,3)16(20)18(24)21-13-8-6-7-12(11-13)17-22-14-9-4-5-10-15(14)23-17;;/h4-11,16H,20H2,1-3H3,(H,21,24)(H,22,23);2*1H/t16-;;/m1../s1. The minimum Gasteiger partial charge on any atom is -0.338 e. The van der Waals surface area contributed by atoms with Crippen LogP contribution in [0.5, 0.6) is 0 Å². The molecule has 5 nitrogen and oxygen atoms in total. The summed E-state index contributed by atoms with van der Waals surface area (Å²) in [4.78, 5) is 20.2. The predicted molar refractivity (Wildman–Crippen MR) is 112 cm³/mol. The van der Waals surface area contributed by atoms with E-state index in [4.69, 9.17) is 5.73 Å². The molecule has 26 heavy (non-hydrogen) atoms. The molecule has 0 saturated heterocycles. The van der Waals surface area contributed by atoms with Crippen LogP contribution in [0.15, 0.2) is 48.5 Å². The number of H-pyrrole nitrogens is 1. The van der Waals surface area contributed by atoms with Gasteiger partial charge in [-0.15, -0.1) is 24.8 Å². The number of halogens is 2. The molecule has 0 aliphatic carbocycles. The molecule has 0 saturated carbocycles. The van der Waals surface area contributed by atoms with Crippen LogP contribution in [0.2, 0.25) is 0 Å². The molecule has 0 aliphatic rings. The Hall–Kier alpha value is -2.08. The number of aromatic amines is 1. The van der Waals surface area contributed by atoms with Crippen molar-refractivity contribution in [2.24, 2.45) is 11.1 Å². The number of hydrogen-bond donors (Lipinski definition) is 3. The Kier molecular flexibility index (Phi) is 7.21. The number of nitrogens with two attached hydrogens (primary N) is 1. The molecule has 7 heteroatoms. The van der Waals surface area contributed by atoms with Gasteiger partial charge in [-0.05, 0) is 29.7 Å². The average molecular weight is 395 g/mol. The third-order valence-electron chi connectivity index (χ3n) is 4.01. The van der Waals surface area contributed by atoms with Gasteiger partial charge in [0.2, 0.25) is 5.91 Å². The first kappa shape index (κ1) is 22.0. The van der Waals surface area contributed by atoms with Crippen molar-refractivity contribution in [1.29, 1.82) is 0 Å². The molecule has 140 valence electrons. The molecular weight excluding hydrogens is 371 g/mol. The van der Waals surface area contributed by atoms with Crippen LogP contribution >= 0.6 is 24.8 Å². The molecule has 3 rings (SSSR count). The zero-order valence-corrected chi connectivity index (χ0v) is 16.6. The van der Waals surface area contributed by atoms with Gasteiger partial charge in [0.1, 0.15) is 5.82 Å². The summed E-state index contributed by atoms with van der Waals surface area (Å²) in [6.07, 6.45) is 0. The summed E-state index contributed by atoms with van der Waals surface area (Å²) in [6.45, 7) is 5.84. The van der Waals surface area contributed by atoms with E-state index in [1.54, 1.807) is 0 Å². The Labute approximate surface area is 165 Å². The Morgan fingerprint density at radius 3 is 2.46 bits per heavy atom. The quantitative estimate of drug-likeness (QED) is 0.615. The Morgan fingerprint density at radius 2 is 1.81 bits per heavy atom. The molecule has 1 amide bonds. The summed E-state index contributed by atoms with van der Waals surface area (Å²) in [5.74, 6) is 0.580. The monoisotopic (exact) mass is 394 g/mol. The van der Waals surface area contributed by atoms with Crippen LogP contribution in [0.3, 0.4) is 0 Å². The molecule has 1 heterocycles. The van der Waals surface area contributed by atoms with E-state index >= 15 is 0 Å². The predicted octanol–water partition coefficient (Wildman–Crippen LogP) is 4.39. The van der Waals surface area contributed by atoms with Gasteiger partial charge in [0.05, 0.1) is 17.1 Å². The van der Waals surface area contributed by atoms with Crippen molar-refractivity contribution in [1.82, 2.24) is 9.97 Å². The number of imidazole rings is 1. The zero-order chi connectivity index (χ0) is 17.3. The van der Waals surface area contributed by atoms with Crippen LogP contribution in [0.25, 0.3) is 22.4 Å². The molecule has 0 radical (unpaired) electrons. The first-order chi connectivity index (χ1) is 11.3. The maximum absolute atomic E-state index is 12.3. The molecule has 4 N–H and O–H groups in total. The molecule has 3 aromatic rings. The summed E-state index contributed by atoms with van der Waals surface area (Å²) in [5.41, 5.74) is 9.23. The lowest BCUT2D eigenvalue weighted by Gasteiger charge is -2.25. The summed E-state index contributed by atoms with van der Waals surface area (Å²) in [5, 5.41) is 2.89. The van der Waals surface area contributed by atoms with E-state index in [-0.39, 0.29) is 36.1 Å². The number of fused-ring (bicyclic) bond motifs is 1. The number of benzene rings is 2. The highest BCUT2D eigenvalue weighted by molar-refractivity contribution is 5.95. The molecule has 2 aromatic carbocycles. The molecule has 1 aromatic heterocycles. The van der Waals surface area contributed by atoms with Gasteiger partial charge in [0, 0.05) is 11.3 Å². The number of nitrogens with zero attached hydrogens (tertiary/aromatic N) is 1. The maximum atomic E-state index is 12.3. The molecular formula is C19H24Cl2N4O. The van der Waals surface area contributed by atoms with Crippen LogP contribution in [0, 0.1) is 5.41 Å². The van der Waals surface area contributed by atoms with Crippen LogP contribution in [-0.2, 0) is 4.79 Å².